The van der Waals surface area contributed by atoms with Crippen LogP contribution in [-0.4, -0.2) is 53.4 Å². The SMILES string of the molecule is CCNC(=NCCC(=O)OC)NC1CCCC(S(=O)CC)C1. The maximum atomic E-state index is 12.0. The Hall–Kier alpha value is -1.11. The number of ether oxygens (including phenoxy) is 1. The first kappa shape index (κ1) is 18.9. The maximum Gasteiger partial charge on any atom is 0.307 e. The van der Waals surface area contributed by atoms with E-state index in [2.05, 4.69) is 20.4 Å². The molecule has 0 bridgehead atoms. The van der Waals surface area contributed by atoms with Crippen LogP contribution in [0.4, 0.5) is 0 Å². The molecular formula is C15H29N3O3S. The topological polar surface area (TPSA) is 79.8 Å². The van der Waals surface area contributed by atoms with Crippen molar-refractivity contribution in [3.63, 3.8) is 0 Å². The standard InChI is InChI=1S/C15H29N3O3S/c1-4-16-15(17-10-9-14(19)21-3)18-12-7-6-8-13(11-12)22(20)5-2/h12-13H,4-11H2,1-3H3,(H2,16,17,18). The van der Waals surface area contributed by atoms with E-state index in [0.717, 1.165) is 43.9 Å². The van der Waals surface area contributed by atoms with Crippen molar-refractivity contribution in [3.05, 3.63) is 0 Å². The monoisotopic (exact) mass is 331 g/mol. The van der Waals surface area contributed by atoms with Gasteiger partial charge in [0.15, 0.2) is 5.96 Å². The molecule has 22 heavy (non-hydrogen) atoms. The number of methoxy groups -OCH3 is 1. The Morgan fingerprint density at radius 1 is 1.36 bits per heavy atom. The molecule has 3 unspecified atom stereocenters. The van der Waals surface area contributed by atoms with Gasteiger partial charge in [0, 0.05) is 34.4 Å². The highest BCUT2D eigenvalue weighted by Crippen LogP contribution is 2.22. The summed E-state index contributed by atoms with van der Waals surface area (Å²) < 4.78 is 16.6. The van der Waals surface area contributed by atoms with Crippen molar-refractivity contribution in [1.29, 1.82) is 0 Å². The summed E-state index contributed by atoms with van der Waals surface area (Å²) in [4.78, 5) is 15.5. The zero-order chi connectivity index (χ0) is 16.4. The van der Waals surface area contributed by atoms with Crippen molar-refractivity contribution >= 4 is 22.7 Å². The molecule has 0 amide bonds. The number of rotatable bonds is 7. The molecule has 3 atom stereocenters. The van der Waals surface area contributed by atoms with E-state index in [1.165, 1.54) is 7.11 Å². The fraction of sp³-hybridized carbons (Fsp3) is 0.867. The zero-order valence-corrected chi connectivity index (χ0v) is 14.7. The van der Waals surface area contributed by atoms with E-state index >= 15 is 0 Å². The fourth-order valence-electron chi connectivity index (χ4n) is 2.62. The van der Waals surface area contributed by atoms with Gasteiger partial charge in [0.1, 0.15) is 0 Å². The molecule has 0 spiro atoms. The van der Waals surface area contributed by atoms with E-state index in [-0.39, 0.29) is 17.6 Å². The minimum atomic E-state index is -0.727. The first-order chi connectivity index (χ1) is 10.6. The molecule has 1 saturated carbocycles. The van der Waals surface area contributed by atoms with Crippen molar-refractivity contribution in [2.45, 2.75) is 57.2 Å². The summed E-state index contributed by atoms with van der Waals surface area (Å²) in [5.74, 6) is 1.19. The summed E-state index contributed by atoms with van der Waals surface area (Å²) >= 11 is 0. The van der Waals surface area contributed by atoms with E-state index in [9.17, 15) is 9.00 Å². The number of carbonyl (C=O) groups excluding carboxylic acids is 1. The predicted octanol–water partition coefficient (Wildman–Crippen LogP) is 1.18. The van der Waals surface area contributed by atoms with E-state index in [0.29, 0.717) is 12.6 Å². The number of aliphatic imine (C=N–C) groups is 1. The molecule has 6 nitrogen and oxygen atoms in total. The molecular weight excluding hydrogens is 302 g/mol. The highest BCUT2D eigenvalue weighted by molar-refractivity contribution is 7.85. The van der Waals surface area contributed by atoms with E-state index < -0.39 is 10.8 Å². The summed E-state index contributed by atoms with van der Waals surface area (Å²) in [6.45, 7) is 5.15. The van der Waals surface area contributed by atoms with Gasteiger partial charge < -0.3 is 15.4 Å². The number of guanidine groups is 1. The molecule has 0 radical (unpaired) electrons. The summed E-state index contributed by atoms with van der Waals surface area (Å²) in [5, 5.41) is 6.89. The molecule has 0 aromatic carbocycles. The second kappa shape index (κ2) is 10.6. The second-order valence-electron chi connectivity index (χ2n) is 5.39. The third-order valence-corrected chi connectivity index (χ3v) is 5.52. The number of hydrogen-bond acceptors (Lipinski definition) is 4. The summed E-state index contributed by atoms with van der Waals surface area (Å²) in [5.41, 5.74) is 0. The smallest absolute Gasteiger partial charge is 0.307 e. The molecule has 0 aliphatic heterocycles. The largest absolute Gasteiger partial charge is 0.469 e. The van der Waals surface area contributed by atoms with Crippen LogP contribution >= 0.6 is 0 Å². The Morgan fingerprint density at radius 2 is 2.14 bits per heavy atom. The van der Waals surface area contributed by atoms with Crippen molar-refractivity contribution < 1.29 is 13.7 Å². The van der Waals surface area contributed by atoms with Gasteiger partial charge in [-0.3, -0.25) is 14.0 Å². The minimum absolute atomic E-state index is 0.254. The maximum absolute atomic E-state index is 12.0. The van der Waals surface area contributed by atoms with Gasteiger partial charge in [-0.25, -0.2) is 0 Å². The minimum Gasteiger partial charge on any atom is -0.469 e. The van der Waals surface area contributed by atoms with Gasteiger partial charge in [-0.1, -0.05) is 13.3 Å². The molecule has 1 aliphatic carbocycles. The van der Waals surface area contributed by atoms with Gasteiger partial charge in [0.2, 0.25) is 0 Å². The molecule has 128 valence electrons. The third-order valence-electron chi connectivity index (χ3n) is 3.78. The first-order valence-corrected chi connectivity index (χ1v) is 9.47. The van der Waals surface area contributed by atoms with Crippen LogP contribution in [0.2, 0.25) is 0 Å². The Morgan fingerprint density at radius 3 is 2.77 bits per heavy atom. The summed E-state index contributed by atoms with van der Waals surface area (Å²) in [7, 11) is 0.654. The molecule has 1 rings (SSSR count). The average molecular weight is 331 g/mol. The van der Waals surface area contributed by atoms with Crippen LogP contribution in [0.25, 0.3) is 0 Å². The number of nitrogens with zero attached hydrogens (tertiary/aromatic N) is 1. The lowest BCUT2D eigenvalue weighted by Crippen LogP contribution is -2.46. The van der Waals surface area contributed by atoms with Crippen molar-refractivity contribution in [2.24, 2.45) is 4.99 Å². The average Bonchev–Trinajstić information content (AvgIpc) is 2.54. The Bertz CT molecular complexity index is 401. The molecule has 2 N–H and O–H groups in total. The molecule has 0 aromatic rings. The van der Waals surface area contributed by atoms with Gasteiger partial charge in [0.05, 0.1) is 20.1 Å². The number of carbonyl (C=O) groups is 1. The molecule has 1 aliphatic rings. The Labute approximate surface area is 135 Å². The second-order valence-corrected chi connectivity index (χ2v) is 7.39. The molecule has 7 heteroatoms. The Kier molecular flexibility index (Phi) is 9.11. The normalized spacial score (nSPS) is 23.7. The van der Waals surface area contributed by atoms with Crippen LogP contribution in [0.5, 0.6) is 0 Å². The van der Waals surface area contributed by atoms with Gasteiger partial charge in [-0.2, -0.15) is 0 Å². The summed E-state index contributed by atoms with van der Waals surface area (Å²) in [6.07, 6.45) is 4.41. The van der Waals surface area contributed by atoms with Crippen LogP contribution < -0.4 is 10.6 Å². The van der Waals surface area contributed by atoms with E-state index in [1.807, 2.05) is 13.8 Å². The number of esters is 1. The Balaban J connectivity index is 2.52. The van der Waals surface area contributed by atoms with Crippen LogP contribution in [0, 0.1) is 0 Å². The fourth-order valence-corrected chi connectivity index (χ4v) is 3.97. The highest BCUT2D eigenvalue weighted by Gasteiger charge is 2.25. The summed E-state index contributed by atoms with van der Waals surface area (Å²) in [6, 6.07) is 0.296. The first-order valence-electron chi connectivity index (χ1n) is 8.09. The lowest BCUT2D eigenvalue weighted by atomic mass is 9.95. The van der Waals surface area contributed by atoms with Gasteiger partial charge >= 0.3 is 5.97 Å². The number of hydrogen-bond donors (Lipinski definition) is 2. The molecule has 0 aromatic heterocycles. The quantitative estimate of drug-likeness (QED) is 0.416. The molecule has 1 fully saturated rings. The van der Waals surface area contributed by atoms with Crippen LogP contribution in [0.3, 0.4) is 0 Å². The van der Waals surface area contributed by atoms with Crippen LogP contribution in [0.15, 0.2) is 4.99 Å². The number of nitrogens with one attached hydrogen (secondary N) is 2. The van der Waals surface area contributed by atoms with Gasteiger partial charge in [-0.05, 0) is 26.2 Å². The lowest BCUT2D eigenvalue weighted by molar-refractivity contribution is -0.140. The third kappa shape index (κ3) is 6.77. The van der Waals surface area contributed by atoms with Crippen LogP contribution in [0.1, 0.15) is 46.0 Å². The molecule has 0 heterocycles. The lowest BCUT2D eigenvalue weighted by Gasteiger charge is -2.30. The van der Waals surface area contributed by atoms with E-state index in [4.69, 9.17) is 0 Å². The van der Waals surface area contributed by atoms with Crippen molar-refractivity contribution in [2.75, 3.05) is 26.0 Å². The highest BCUT2D eigenvalue weighted by atomic mass is 32.2. The van der Waals surface area contributed by atoms with E-state index in [1.54, 1.807) is 0 Å². The predicted molar refractivity (Wildman–Crippen MR) is 90.5 cm³/mol. The zero-order valence-electron chi connectivity index (χ0n) is 13.9. The van der Waals surface area contributed by atoms with Crippen molar-refractivity contribution in [3.8, 4) is 0 Å². The van der Waals surface area contributed by atoms with Gasteiger partial charge in [-0.15, -0.1) is 0 Å². The molecule has 0 saturated heterocycles. The van der Waals surface area contributed by atoms with Crippen molar-refractivity contribution in [1.82, 2.24) is 10.6 Å². The van der Waals surface area contributed by atoms with Crippen LogP contribution in [-0.2, 0) is 20.3 Å². The van der Waals surface area contributed by atoms with Gasteiger partial charge in [0.25, 0.3) is 0 Å².